The van der Waals surface area contributed by atoms with E-state index < -0.39 is 11.8 Å². The molecule has 0 radical (unpaired) electrons. The van der Waals surface area contributed by atoms with Gasteiger partial charge in [-0.2, -0.15) is 0 Å². The number of hydrogen-bond donors (Lipinski definition) is 0. The van der Waals surface area contributed by atoms with Gasteiger partial charge >= 0.3 is 11.8 Å². The minimum atomic E-state index is -1.28. The van der Waals surface area contributed by atoms with Crippen LogP contribution in [0, 0.1) is 11.8 Å². The van der Waals surface area contributed by atoms with Crippen molar-refractivity contribution in [2.24, 2.45) is 0 Å². The fourth-order valence-corrected chi connectivity index (χ4v) is 2.21. The van der Waals surface area contributed by atoms with Crippen LogP contribution in [0.25, 0.3) is 6.08 Å². The summed E-state index contributed by atoms with van der Waals surface area (Å²) in [4.78, 5) is 12.0. The molecule has 0 saturated carbocycles. The normalized spacial score (nSPS) is 19.1. The molecule has 4 nitrogen and oxygen atoms in total. The van der Waals surface area contributed by atoms with Crippen molar-refractivity contribution in [2.75, 3.05) is 13.7 Å². The Bertz CT molecular complexity index is 636. The van der Waals surface area contributed by atoms with Gasteiger partial charge in [-0.25, -0.2) is 4.79 Å². The van der Waals surface area contributed by atoms with Crippen LogP contribution in [0.5, 0.6) is 0 Å². The van der Waals surface area contributed by atoms with Crippen LogP contribution in [0.2, 0.25) is 0 Å². The molecular formula is C18H20O4. The summed E-state index contributed by atoms with van der Waals surface area (Å²) in [5, 5.41) is 0. The number of carbonyl (C=O) groups excluding carboxylic acids is 1. The molecule has 0 aromatic heterocycles. The van der Waals surface area contributed by atoms with Crippen molar-refractivity contribution in [1.82, 2.24) is 0 Å². The molecule has 116 valence electrons. The monoisotopic (exact) mass is 300 g/mol. The lowest BCUT2D eigenvalue weighted by Crippen LogP contribution is -2.35. The van der Waals surface area contributed by atoms with Crippen LogP contribution in [0.15, 0.2) is 30.0 Å². The van der Waals surface area contributed by atoms with Crippen LogP contribution in [-0.2, 0) is 24.8 Å². The van der Waals surface area contributed by atoms with Gasteiger partial charge in [0.1, 0.15) is 0 Å². The summed E-state index contributed by atoms with van der Waals surface area (Å²) < 4.78 is 16.4. The topological polar surface area (TPSA) is 44.8 Å². The number of esters is 1. The number of ether oxygens (including phenoxy) is 3. The molecule has 1 aromatic rings. The summed E-state index contributed by atoms with van der Waals surface area (Å²) >= 11 is 0. The Morgan fingerprint density at radius 3 is 2.77 bits per heavy atom. The van der Waals surface area contributed by atoms with Crippen LogP contribution < -0.4 is 0 Å². The van der Waals surface area contributed by atoms with E-state index in [0.717, 1.165) is 24.0 Å². The molecule has 0 fully saturated rings. The number of benzene rings is 1. The van der Waals surface area contributed by atoms with Gasteiger partial charge in [-0.1, -0.05) is 37.1 Å². The Kier molecular flexibility index (Phi) is 5.24. The van der Waals surface area contributed by atoms with Gasteiger partial charge in [-0.15, -0.1) is 0 Å². The number of methoxy groups -OCH3 is 1. The summed E-state index contributed by atoms with van der Waals surface area (Å²) in [6.45, 7) is 4.08. The average molecular weight is 300 g/mol. The Morgan fingerprint density at radius 2 is 2.09 bits per heavy atom. The van der Waals surface area contributed by atoms with E-state index in [1.54, 1.807) is 13.0 Å². The van der Waals surface area contributed by atoms with Crippen molar-refractivity contribution in [3.05, 3.63) is 41.2 Å². The highest BCUT2D eigenvalue weighted by molar-refractivity contribution is 5.92. The zero-order valence-corrected chi connectivity index (χ0v) is 13.1. The largest absolute Gasteiger partial charge is 0.460 e. The Balaban J connectivity index is 2.49. The van der Waals surface area contributed by atoms with E-state index in [2.05, 4.69) is 11.8 Å². The first-order valence-electron chi connectivity index (χ1n) is 7.39. The molecule has 1 aliphatic rings. The van der Waals surface area contributed by atoms with Crippen LogP contribution in [0.4, 0.5) is 0 Å². The number of unbranched alkanes of at least 4 members (excludes halogenated alkanes) is 1. The summed E-state index contributed by atoms with van der Waals surface area (Å²) in [7, 11) is 1.52. The van der Waals surface area contributed by atoms with Gasteiger partial charge in [0.25, 0.3) is 0 Å². The second-order valence-corrected chi connectivity index (χ2v) is 4.79. The van der Waals surface area contributed by atoms with Gasteiger partial charge in [0.2, 0.25) is 5.76 Å². The quantitative estimate of drug-likeness (QED) is 0.632. The van der Waals surface area contributed by atoms with Crippen LogP contribution >= 0.6 is 0 Å². The highest BCUT2D eigenvalue weighted by Gasteiger charge is 2.40. The summed E-state index contributed by atoms with van der Waals surface area (Å²) in [6, 6.07) is 7.56. The standard InChI is InChI=1S/C18H20O4/c1-4-6-9-12-18(20-3)15-11-8-7-10-14(15)13-16(22-18)17(19)21-5-2/h7-8,10-11,13H,4-6H2,1-3H3. The van der Waals surface area contributed by atoms with E-state index in [1.165, 1.54) is 7.11 Å². The Labute approximate surface area is 131 Å². The minimum Gasteiger partial charge on any atom is -0.460 e. The van der Waals surface area contributed by atoms with Gasteiger partial charge in [0.05, 0.1) is 6.61 Å². The predicted molar refractivity (Wildman–Crippen MR) is 83.5 cm³/mol. The van der Waals surface area contributed by atoms with Crippen molar-refractivity contribution in [1.29, 1.82) is 0 Å². The zero-order valence-electron chi connectivity index (χ0n) is 13.1. The van der Waals surface area contributed by atoms with Crippen molar-refractivity contribution >= 4 is 12.0 Å². The first-order chi connectivity index (χ1) is 10.7. The van der Waals surface area contributed by atoms with Crippen molar-refractivity contribution < 1.29 is 19.0 Å². The maximum Gasteiger partial charge on any atom is 0.373 e. The number of rotatable bonds is 4. The minimum absolute atomic E-state index is 0.105. The number of carbonyl (C=O) groups is 1. The molecule has 1 unspecified atom stereocenters. The summed E-state index contributed by atoms with van der Waals surface area (Å²) in [5.41, 5.74) is 1.62. The lowest BCUT2D eigenvalue weighted by molar-refractivity contribution is -0.179. The zero-order chi connectivity index (χ0) is 16.0. The molecule has 0 saturated heterocycles. The van der Waals surface area contributed by atoms with Gasteiger partial charge in [-0.05, 0) is 30.9 Å². The third kappa shape index (κ3) is 3.15. The SMILES string of the molecule is CCCC#CC1(OC)OC(C(=O)OCC)=Cc2ccccc21. The van der Waals surface area contributed by atoms with E-state index >= 15 is 0 Å². The molecule has 0 N–H and O–H groups in total. The van der Waals surface area contributed by atoms with E-state index in [9.17, 15) is 4.79 Å². The average Bonchev–Trinajstić information content (AvgIpc) is 2.55. The fourth-order valence-electron chi connectivity index (χ4n) is 2.21. The van der Waals surface area contributed by atoms with E-state index in [-0.39, 0.29) is 12.4 Å². The molecule has 1 aliphatic heterocycles. The second-order valence-electron chi connectivity index (χ2n) is 4.79. The van der Waals surface area contributed by atoms with Crippen LogP contribution in [0.1, 0.15) is 37.8 Å². The molecule has 1 aromatic carbocycles. The molecule has 0 bridgehead atoms. The van der Waals surface area contributed by atoms with E-state index in [0.29, 0.717) is 0 Å². The Morgan fingerprint density at radius 1 is 1.32 bits per heavy atom. The van der Waals surface area contributed by atoms with Gasteiger partial charge in [0, 0.05) is 19.1 Å². The molecule has 1 atom stereocenters. The van der Waals surface area contributed by atoms with E-state index in [4.69, 9.17) is 14.2 Å². The van der Waals surface area contributed by atoms with E-state index in [1.807, 2.05) is 31.2 Å². The molecular weight excluding hydrogens is 280 g/mol. The third-order valence-corrected chi connectivity index (χ3v) is 3.25. The molecule has 1 heterocycles. The highest BCUT2D eigenvalue weighted by atomic mass is 16.7. The summed E-state index contributed by atoms with van der Waals surface area (Å²) in [5.74, 6) is 4.39. The summed E-state index contributed by atoms with van der Waals surface area (Å²) in [6.07, 6.45) is 3.33. The van der Waals surface area contributed by atoms with Crippen LogP contribution in [-0.4, -0.2) is 19.7 Å². The van der Waals surface area contributed by atoms with Crippen molar-refractivity contribution in [3.8, 4) is 11.8 Å². The fraction of sp³-hybridized carbons (Fsp3) is 0.389. The lowest BCUT2D eigenvalue weighted by Gasteiger charge is -2.33. The van der Waals surface area contributed by atoms with Crippen molar-refractivity contribution in [3.63, 3.8) is 0 Å². The third-order valence-electron chi connectivity index (χ3n) is 3.25. The molecule has 2 rings (SSSR count). The van der Waals surface area contributed by atoms with Crippen LogP contribution in [0.3, 0.4) is 0 Å². The maximum absolute atomic E-state index is 12.0. The van der Waals surface area contributed by atoms with Gasteiger partial charge in [-0.3, -0.25) is 0 Å². The maximum atomic E-state index is 12.0. The molecule has 0 amide bonds. The first kappa shape index (κ1) is 16.1. The van der Waals surface area contributed by atoms with Gasteiger partial charge in [0.15, 0.2) is 0 Å². The molecule has 22 heavy (non-hydrogen) atoms. The number of hydrogen-bond acceptors (Lipinski definition) is 4. The predicted octanol–water partition coefficient (Wildman–Crippen LogP) is 3.22. The smallest absolute Gasteiger partial charge is 0.373 e. The molecule has 0 aliphatic carbocycles. The first-order valence-corrected chi connectivity index (χ1v) is 7.39. The van der Waals surface area contributed by atoms with Gasteiger partial charge < -0.3 is 14.2 Å². The molecule has 4 heteroatoms. The highest BCUT2D eigenvalue weighted by Crippen LogP contribution is 2.37. The second kappa shape index (κ2) is 7.15. The molecule has 0 spiro atoms. The number of fused-ring (bicyclic) bond motifs is 1. The Hall–Kier alpha value is -2.25. The van der Waals surface area contributed by atoms with Crippen molar-refractivity contribution in [2.45, 2.75) is 32.5 Å². The lowest BCUT2D eigenvalue weighted by atomic mass is 9.96.